The van der Waals surface area contributed by atoms with E-state index in [4.69, 9.17) is 0 Å². The SMILES string of the molecule is CCc1ccccc1N(CC(=O)NC(c1ccccc1)c1ccccc1)S(=O)(=O)c1ccc(C)cc1. The fourth-order valence-corrected chi connectivity index (χ4v) is 5.64. The number of carbonyl (C=O) groups excluding carboxylic acids is 1. The Hall–Kier alpha value is -3.90. The number of hydrogen-bond acceptors (Lipinski definition) is 3. The number of benzene rings is 4. The van der Waals surface area contributed by atoms with Gasteiger partial charge in [-0.3, -0.25) is 9.10 Å². The predicted octanol–water partition coefficient (Wildman–Crippen LogP) is 5.66. The Morgan fingerprint density at radius 2 is 1.31 bits per heavy atom. The Morgan fingerprint density at radius 1 is 0.778 bits per heavy atom. The maximum absolute atomic E-state index is 13.8. The van der Waals surface area contributed by atoms with Crippen LogP contribution in [-0.2, 0) is 21.2 Å². The number of hydrogen-bond donors (Lipinski definition) is 1. The van der Waals surface area contributed by atoms with Gasteiger partial charge in [-0.15, -0.1) is 0 Å². The molecule has 5 nitrogen and oxygen atoms in total. The van der Waals surface area contributed by atoms with Crippen LogP contribution in [0.5, 0.6) is 0 Å². The van der Waals surface area contributed by atoms with Gasteiger partial charge in [-0.25, -0.2) is 8.42 Å². The summed E-state index contributed by atoms with van der Waals surface area (Å²) in [5.41, 5.74) is 4.15. The lowest BCUT2D eigenvalue weighted by Crippen LogP contribution is -2.42. The van der Waals surface area contributed by atoms with Gasteiger partial charge in [-0.1, -0.05) is 103 Å². The number of amides is 1. The molecule has 0 bridgehead atoms. The van der Waals surface area contributed by atoms with Crippen LogP contribution in [0.3, 0.4) is 0 Å². The van der Waals surface area contributed by atoms with Crippen LogP contribution in [0.4, 0.5) is 5.69 Å². The van der Waals surface area contributed by atoms with E-state index in [2.05, 4.69) is 5.32 Å². The van der Waals surface area contributed by atoms with Gasteiger partial charge in [0.25, 0.3) is 10.0 Å². The van der Waals surface area contributed by atoms with Crippen molar-refractivity contribution in [1.82, 2.24) is 5.32 Å². The highest BCUT2D eigenvalue weighted by Gasteiger charge is 2.29. The number of sulfonamides is 1. The molecule has 0 aliphatic heterocycles. The fourth-order valence-electron chi connectivity index (χ4n) is 4.18. The summed E-state index contributed by atoms with van der Waals surface area (Å²) < 4.78 is 28.9. The molecular formula is C30H30N2O3S. The predicted molar refractivity (Wildman–Crippen MR) is 144 cm³/mol. The normalized spacial score (nSPS) is 11.3. The Balaban J connectivity index is 1.71. The lowest BCUT2D eigenvalue weighted by atomic mass is 9.99. The van der Waals surface area contributed by atoms with Gasteiger partial charge in [-0.05, 0) is 48.2 Å². The number of nitrogens with one attached hydrogen (secondary N) is 1. The van der Waals surface area contributed by atoms with Crippen molar-refractivity contribution in [1.29, 1.82) is 0 Å². The summed E-state index contributed by atoms with van der Waals surface area (Å²) in [5, 5.41) is 3.07. The van der Waals surface area contributed by atoms with Crippen molar-refractivity contribution in [3.05, 3.63) is 131 Å². The van der Waals surface area contributed by atoms with Gasteiger partial charge in [0.15, 0.2) is 0 Å². The molecule has 6 heteroatoms. The van der Waals surface area contributed by atoms with E-state index in [1.54, 1.807) is 36.4 Å². The molecule has 0 atom stereocenters. The molecular weight excluding hydrogens is 468 g/mol. The minimum atomic E-state index is -3.99. The van der Waals surface area contributed by atoms with Crippen molar-refractivity contribution >= 4 is 21.6 Å². The van der Waals surface area contributed by atoms with Crippen LogP contribution in [0, 0.1) is 6.92 Å². The van der Waals surface area contributed by atoms with Gasteiger partial charge in [0.05, 0.1) is 16.6 Å². The van der Waals surface area contributed by atoms with Crippen molar-refractivity contribution < 1.29 is 13.2 Å². The van der Waals surface area contributed by atoms with E-state index < -0.39 is 22.0 Å². The van der Waals surface area contributed by atoms with Gasteiger partial charge in [0.2, 0.25) is 5.91 Å². The van der Waals surface area contributed by atoms with Gasteiger partial charge in [0, 0.05) is 0 Å². The largest absolute Gasteiger partial charge is 0.344 e. The number of rotatable bonds is 9. The highest BCUT2D eigenvalue weighted by Crippen LogP contribution is 2.28. The molecule has 0 aliphatic carbocycles. The quantitative estimate of drug-likeness (QED) is 0.324. The Bertz CT molecular complexity index is 1360. The molecule has 184 valence electrons. The van der Waals surface area contributed by atoms with Crippen LogP contribution in [0.15, 0.2) is 114 Å². The third kappa shape index (κ3) is 5.66. The van der Waals surface area contributed by atoms with Crippen LogP contribution in [0.25, 0.3) is 0 Å². The highest BCUT2D eigenvalue weighted by molar-refractivity contribution is 7.92. The van der Waals surface area contributed by atoms with Crippen LogP contribution in [0.1, 0.15) is 35.2 Å². The molecule has 0 aromatic heterocycles. The smallest absolute Gasteiger partial charge is 0.264 e. The number of carbonyl (C=O) groups is 1. The molecule has 0 spiro atoms. The molecule has 4 aromatic carbocycles. The first-order chi connectivity index (χ1) is 17.4. The lowest BCUT2D eigenvalue weighted by molar-refractivity contribution is -0.120. The fraction of sp³-hybridized carbons (Fsp3) is 0.167. The molecule has 0 saturated heterocycles. The zero-order valence-electron chi connectivity index (χ0n) is 20.5. The number of nitrogens with zero attached hydrogens (tertiary/aromatic N) is 1. The van der Waals surface area contributed by atoms with E-state index in [0.29, 0.717) is 12.1 Å². The summed E-state index contributed by atoms with van der Waals surface area (Å²) >= 11 is 0. The maximum atomic E-state index is 13.8. The molecule has 4 aromatic rings. The lowest BCUT2D eigenvalue weighted by Gasteiger charge is -2.27. The van der Waals surface area contributed by atoms with E-state index in [9.17, 15) is 13.2 Å². The summed E-state index contributed by atoms with van der Waals surface area (Å²) in [5.74, 6) is -0.394. The van der Waals surface area contributed by atoms with E-state index in [1.165, 1.54) is 4.31 Å². The first-order valence-corrected chi connectivity index (χ1v) is 13.4. The molecule has 0 radical (unpaired) electrons. The van der Waals surface area contributed by atoms with Crippen LogP contribution in [0.2, 0.25) is 0 Å². The third-order valence-electron chi connectivity index (χ3n) is 6.11. The molecule has 0 unspecified atom stereocenters. The minimum Gasteiger partial charge on any atom is -0.344 e. The third-order valence-corrected chi connectivity index (χ3v) is 7.88. The first-order valence-electron chi connectivity index (χ1n) is 12.0. The Labute approximate surface area is 213 Å². The number of aryl methyl sites for hydroxylation is 2. The molecule has 36 heavy (non-hydrogen) atoms. The van der Waals surface area contributed by atoms with E-state index in [0.717, 1.165) is 22.3 Å². The molecule has 0 heterocycles. The zero-order valence-corrected chi connectivity index (χ0v) is 21.3. The maximum Gasteiger partial charge on any atom is 0.264 e. The number of para-hydroxylation sites is 1. The van der Waals surface area contributed by atoms with E-state index in [-0.39, 0.29) is 11.4 Å². The Kier molecular flexibility index (Phi) is 7.86. The average Bonchev–Trinajstić information content (AvgIpc) is 2.91. The van der Waals surface area contributed by atoms with Crippen molar-refractivity contribution in [2.24, 2.45) is 0 Å². The molecule has 1 amide bonds. The van der Waals surface area contributed by atoms with Crippen molar-refractivity contribution in [3.63, 3.8) is 0 Å². The van der Waals surface area contributed by atoms with Gasteiger partial charge in [-0.2, -0.15) is 0 Å². The van der Waals surface area contributed by atoms with Gasteiger partial charge in [0.1, 0.15) is 6.54 Å². The van der Waals surface area contributed by atoms with Crippen molar-refractivity contribution in [2.45, 2.75) is 31.2 Å². The second kappa shape index (κ2) is 11.2. The van der Waals surface area contributed by atoms with Crippen LogP contribution >= 0.6 is 0 Å². The summed E-state index contributed by atoms with van der Waals surface area (Å²) in [6.07, 6.45) is 0.633. The molecule has 0 fully saturated rings. The minimum absolute atomic E-state index is 0.148. The van der Waals surface area contributed by atoms with Gasteiger partial charge >= 0.3 is 0 Å². The average molecular weight is 499 g/mol. The monoisotopic (exact) mass is 498 g/mol. The highest BCUT2D eigenvalue weighted by atomic mass is 32.2. The van der Waals surface area contributed by atoms with Gasteiger partial charge < -0.3 is 5.32 Å². The summed E-state index contributed by atoms with van der Waals surface area (Å²) in [4.78, 5) is 13.6. The van der Waals surface area contributed by atoms with E-state index >= 15 is 0 Å². The zero-order chi connectivity index (χ0) is 25.5. The van der Waals surface area contributed by atoms with Crippen LogP contribution < -0.4 is 9.62 Å². The summed E-state index contributed by atoms with van der Waals surface area (Å²) in [6, 6.07) is 32.9. The van der Waals surface area contributed by atoms with E-state index in [1.807, 2.05) is 86.6 Å². The molecule has 1 N–H and O–H groups in total. The first kappa shape index (κ1) is 25.2. The Morgan fingerprint density at radius 3 is 1.86 bits per heavy atom. The molecule has 0 saturated carbocycles. The van der Waals surface area contributed by atoms with Crippen LogP contribution in [-0.4, -0.2) is 20.9 Å². The number of anilines is 1. The second-order valence-corrected chi connectivity index (χ2v) is 10.5. The van der Waals surface area contributed by atoms with Crippen molar-refractivity contribution in [3.8, 4) is 0 Å². The second-order valence-electron chi connectivity index (χ2n) is 8.63. The molecule has 0 aliphatic rings. The summed E-state index contributed by atoms with van der Waals surface area (Å²) in [7, 11) is -3.99. The summed E-state index contributed by atoms with van der Waals surface area (Å²) in [6.45, 7) is 3.53. The van der Waals surface area contributed by atoms with Crippen molar-refractivity contribution in [2.75, 3.05) is 10.8 Å². The molecule has 4 rings (SSSR count). The standard InChI is InChI=1S/C30H30N2O3S/c1-3-24-12-10-11-17-28(24)32(36(34,35)27-20-18-23(2)19-21-27)22-29(33)31-30(25-13-6-4-7-14-25)26-15-8-5-9-16-26/h4-21,30H,3,22H2,1-2H3,(H,31,33). The topological polar surface area (TPSA) is 66.5 Å².